The summed E-state index contributed by atoms with van der Waals surface area (Å²) in [5.74, 6) is -0.641. The minimum absolute atomic E-state index is 0.00204. The lowest BCUT2D eigenvalue weighted by atomic mass is 10.6. The van der Waals surface area contributed by atoms with Gasteiger partial charge in [0.1, 0.15) is 6.33 Å². The highest BCUT2D eigenvalue weighted by atomic mass is 16.2. The molecule has 10 heavy (non-hydrogen) atoms. The summed E-state index contributed by atoms with van der Waals surface area (Å²) in [7, 11) is 0. The van der Waals surface area contributed by atoms with E-state index in [-0.39, 0.29) is 5.82 Å². The Morgan fingerprint density at radius 3 is 3.20 bits per heavy atom. The fraction of sp³-hybridized carbons (Fsp3) is 0. The second kappa shape index (κ2) is 2.54. The summed E-state index contributed by atoms with van der Waals surface area (Å²) >= 11 is 0. The molecule has 0 bridgehead atoms. The molecule has 50 valence electrons. The van der Waals surface area contributed by atoms with E-state index in [0.29, 0.717) is 0 Å². The molecule has 0 aliphatic rings. The molecule has 0 unspecified atom stereocenters. The molecule has 0 atom stereocenters. The van der Waals surface area contributed by atoms with Crippen molar-refractivity contribution in [3.05, 3.63) is 17.2 Å². The number of aromatic nitrogens is 3. The third kappa shape index (κ3) is 1.05. The molecule has 0 aromatic carbocycles. The summed E-state index contributed by atoms with van der Waals surface area (Å²) in [6, 6.07) is 0. The van der Waals surface area contributed by atoms with Crippen LogP contribution in [0.5, 0.6) is 0 Å². The Morgan fingerprint density at radius 2 is 2.70 bits per heavy atom. The second-order valence-corrected chi connectivity index (χ2v) is 1.38. The first-order chi connectivity index (χ1) is 4.84. The Hall–Kier alpha value is -1.97. The number of nitrogens with zero attached hydrogens (tertiary/aromatic N) is 4. The van der Waals surface area contributed by atoms with Gasteiger partial charge in [0.05, 0.1) is 0 Å². The molecule has 7 nitrogen and oxygen atoms in total. The highest BCUT2D eigenvalue weighted by Gasteiger charge is 2.12. The van der Waals surface area contributed by atoms with Crippen LogP contribution in [0.2, 0.25) is 0 Å². The lowest BCUT2D eigenvalue weighted by molar-refractivity contribution is 0.0958. The fourth-order valence-corrected chi connectivity index (χ4v) is 0.415. The van der Waals surface area contributed by atoms with Crippen LogP contribution in [-0.2, 0) is 0 Å². The van der Waals surface area contributed by atoms with Crippen molar-refractivity contribution in [2.75, 3.05) is 0 Å². The van der Waals surface area contributed by atoms with Crippen LogP contribution >= 0.6 is 0 Å². The van der Waals surface area contributed by atoms with Crippen LogP contribution in [0.1, 0.15) is 10.6 Å². The fourth-order valence-electron chi connectivity index (χ4n) is 0.415. The summed E-state index contributed by atoms with van der Waals surface area (Å²) in [5, 5.41) is 17.0. The van der Waals surface area contributed by atoms with Gasteiger partial charge in [0.15, 0.2) is 0 Å². The zero-order valence-electron chi connectivity index (χ0n) is 4.77. The van der Waals surface area contributed by atoms with Crippen molar-refractivity contribution in [1.29, 1.82) is 5.39 Å². The topological polar surface area (TPSA) is 98.8 Å². The molecule has 0 radical (unpaired) electrons. The number of carbonyl (C=O) groups is 1. The van der Waals surface area contributed by atoms with Gasteiger partial charge in [-0.2, -0.15) is 0 Å². The van der Waals surface area contributed by atoms with E-state index in [4.69, 9.17) is 5.39 Å². The largest absolute Gasteiger partial charge is 0.362 e. The van der Waals surface area contributed by atoms with Crippen LogP contribution in [0.15, 0.2) is 6.33 Å². The SMILES string of the molecule is N#[N+]NC(=O)c1nnc[nH]1. The van der Waals surface area contributed by atoms with Gasteiger partial charge in [0.2, 0.25) is 5.82 Å². The average molecular weight is 139 g/mol. The number of rotatable bonds is 1. The summed E-state index contributed by atoms with van der Waals surface area (Å²) in [5.41, 5.74) is 1.76. The number of hydrogen-bond donors (Lipinski definition) is 2. The van der Waals surface area contributed by atoms with Crippen molar-refractivity contribution >= 4 is 5.91 Å². The third-order valence-electron chi connectivity index (χ3n) is 0.783. The van der Waals surface area contributed by atoms with E-state index in [2.05, 4.69) is 20.3 Å². The maximum atomic E-state index is 10.6. The molecule has 1 rings (SSSR count). The zero-order valence-corrected chi connectivity index (χ0v) is 4.77. The highest BCUT2D eigenvalue weighted by molar-refractivity contribution is 5.90. The lowest BCUT2D eigenvalue weighted by Gasteiger charge is -1.78. The van der Waals surface area contributed by atoms with Crippen LogP contribution in [-0.4, -0.2) is 21.1 Å². The normalized spacial score (nSPS) is 8.30. The quantitative estimate of drug-likeness (QED) is 0.397. The molecular weight excluding hydrogens is 136 g/mol. The number of hydrogen-bond acceptors (Lipinski definition) is 4. The van der Waals surface area contributed by atoms with Crippen LogP contribution in [0.3, 0.4) is 0 Å². The smallest absolute Gasteiger partial charge is 0.323 e. The summed E-state index contributed by atoms with van der Waals surface area (Å²) < 4.78 is 0. The Balaban J connectivity index is 2.71. The molecule has 0 saturated heterocycles. The van der Waals surface area contributed by atoms with Gasteiger partial charge in [0, 0.05) is 5.43 Å². The number of aromatic amines is 1. The van der Waals surface area contributed by atoms with Crippen LogP contribution in [0, 0.1) is 5.39 Å². The molecule has 0 aliphatic carbocycles. The van der Waals surface area contributed by atoms with Crippen LogP contribution < -0.4 is 5.43 Å². The molecule has 0 saturated carbocycles. The van der Waals surface area contributed by atoms with E-state index >= 15 is 0 Å². The number of H-pyrrole nitrogens is 1. The van der Waals surface area contributed by atoms with E-state index in [1.54, 1.807) is 5.43 Å². The summed E-state index contributed by atoms with van der Waals surface area (Å²) in [6.07, 6.45) is 1.24. The van der Waals surface area contributed by atoms with E-state index < -0.39 is 5.91 Å². The maximum Gasteiger partial charge on any atom is 0.362 e. The van der Waals surface area contributed by atoms with Crippen molar-refractivity contribution in [3.8, 4) is 0 Å². The molecule has 0 fully saturated rings. The van der Waals surface area contributed by atoms with E-state index in [1.165, 1.54) is 6.33 Å². The molecule has 2 N–H and O–H groups in total. The van der Waals surface area contributed by atoms with Gasteiger partial charge in [-0.05, 0) is 0 Å². The van der Waals surface area contributed by atoms with E-state index in [9.17, 15) is 4.79 Å². The van der Waals surface area contributed by atoms with Gasteiger partial charge >= 0.3 is 11.0 Å². The van der Waals surface area contributed by atoms with Crippen molar-refractivity contribution in [3.63, 3.8) is 0 Å². The highest BCUT2D eigenvalue weighted by Crippen LogP contribution is 1.82. The average Bonchev–Trinajstić information content (AvgIpc) is 2.38. The Morgan fingerprint density at radius 1 is 1.90 bits per heavy atom. The van der Waals surface area contributed by atoms with Crippen molar-refractivity contribution in [2.45, 2.75) is 0 Å². The summed E-state index contributed by atoms with van der Waals surface area (Å²) in [6.45, 7) is 0. The minimum Gasteiger partial charge on any atom is -0.323 e. The monoisotopic (exact) mass is 139 g/mol. The summed E-state index contributed by atoms with van der Waals surface area (Å²) in [4.78, 5) is 13.0. The van der Waals surface area contributed by atoms with Gasteiger partial charge in [-0.1, -0.05) is 0 Å². The molecular formula is C3H3N6O+. The first-order valence-corrected chi connectivity index (χ1v) is 2.35. The van der Waals surface area contributed by atoms with Crippen molar-refractivity contribution in [1.82, 2.24) is 20.6 Å². The third-order valence-corrected chi connectivity index (χ3v) is 0.783. The number of diazo groups is 1. The molecule has 1 heterocycles. The second-order valence-electron chi connectivity index (χ2n) is 1.38. The molecule has 1 amide bonds. The Kier molecular flexibility index (Phi) is 1.56. The van der Waals surface area contributed by atoms with E-state index in [1.807, 2.05) is 0 Å². The molecule has 1 aromatic heterocycles. The Bertz CT molecular complexity index is 257. The van der Waals surface area contributed by atoms with Gasteiger partial charge in [-0.25, -0.2) is 0 Å². The number of amides is 1. The predicted molar refractivity (Wildman–Crippen MR) is 28.9 cm³/mol. The predicted octanol–water partition coefficient (Wildman–Crippen LogP) is -0.697. The molecule has 0 spiro atoms. The van der Waals surface area contributed by atoms with E-state index in [0.717, 1.165) is 0 Å². The first kappa shape index (κ1) is 6.15. The Labute approximate surface area is 55.1 Å². The lowest BCUT2D eigenvalue weighted by Crippen LogP contribution is -2.16. The van der Waals surface area contributed by atoms with Gasteiger partial charge in [0.25, 0.3) is 5.39 Å². The number of carbonyl (C=O) groups excluding carboxylic acids is 1. The van der Waals surface area contributed by atoms with Crippen LogP contribution in [0.4, 0.5) is 0 Å². The standard InChI is InChI=1S/C3H2N6O/c4-9-8-3(10)2-5-1-6-7-2/h1H,(H-,5,6,7,8,10)/p+1. The van der Waals surface area contributed by atoms with Crippen molar-refractivity contribution < 1.29 is 4.79 Å². The van der Waals surface area contributed by atoms with Gasteiger partial charge < -0.3 is 4.98 Å². The van der Waals surface area contributed by atoms with Crippen molar-refractivity contribution in [2.24, 2.45) is 0 Å². The minimum atomic E-state index is -0.639. The zero-order chi connectivity index (χ0) is 7.40. The first-order valence-electron chi connectivity index (χ1n) is 2.35. The molecule has 7 heteroatoms. The maximum absolute atomic E-state index is 10.6. The van der Waals surface area contributed by atoms with Crippen LogP contribution in [0.25, 0.3) is 5.08 Å². The molecule has 0 aliphatic heterocycles. The van der Waals surface area contributed by atoms with Gasteiger partial charge in [-0.15, -0.1) is 10.2 Å². The van der Waals surface area contributed by atoms with Gasteiger partial charge in [-0.3, -0.25) is 4.79 Å². The molecule has 1 aromatic rings. The number of nitrogens with one attached hydrogen (secondary N) is 2.